The summed E-state index contributed by atoms with van der Waals surface area (Å²) in [5, 5.41) is 3.53. The molecular weight excluding hydrogens is 406 g/mol. The fraction of sp³-hybridized carbons (Fsp3) is 0.217. The van der Waals surface area contributed by atoms with Crippen LogP contribution in [0.2, 0.25) is 0 Å². The minimum atomic E-state index is -2.92. The number of alkyl halides is 2. The van der Waals surface area contributed by atoms with Gasteiger partial charge in [-0.1, -0.05) is 30.3 Å². The highest BCUT2D eigenvalue weighted by Crippen LogP contribution is 2.40. The van der Waals surface area contributed by atoms with Crippen LogP contribution in [0.4, 0.5) is 19.5 Å². The largest absolute Gasteiger partial charge is 0.434 e. The van der Waals surface area contributed by atoms with E-state index < -0.39 is 6.61 Å². The number of amides is 1. The van der Waals surface area contributed by atoms with Gasteiger partial charge in [-0.2, -0.15) is 8.78 Å². The highest BCUT2D eigenvalue weighted by Gasteiger charge is 2.25. The third-order valence-electron chi connectivity index (χ3n) is 4.87. The average Bonchev–Trinajstić information content (AvgIpc) is 3.12. The highest BCUT2D eigenvalue weighted by molar-refractivity contribution is 7.16. The molecule has 2 aromatic carbocycles. The van der Waals surface area contributed by atoms with Gasteiger partial charge >= 0.3 is 6.61 Å². The number of halogens is 2. The number of aryl methyl sites for hydroxylation is 1. The van der Waals surface area contributed by atoms with Crippen LogP contribution in [0, 0.1) is 0 Å². The van der Waals surface area contributed by atoms with Gasteiger partial charge in [0.05, 0.1) is 5.56 Å². The number of benzene rings is 2. The molecule has 0 unspecified atom stereocenters. The SMILES string of the molecule is O=C(Nc1ccccc1)c1c(/N=C/c2ccccc2OC(F)F)sc2c1CCCC2. The summed E-state index contributed by atoms with van der Waals surface area (Å²) in [5.41, 5.74) is 2.76. The molecule has 30 heavy (non-hydrogen) atoms. The van der Waals surface area contributed by atoms with Crippen molar-refractivity contribution < 1.29 is 18.3 Å². The van der Waals surface area contributed by atoms with E-state index in [1.165, 1.54) is 28.5 Å². The van der Waals surface area contributed by atoms with Gasteiger partial charge in [-0.3, -0.25) is 4.79 Å². The van der Waals surface area contributed by atoms with E-state index in [9.17, 15) is 13.6 Å². The Morgan fingerprint density at radius 1 is 1.07 bits per heavy atom. The molecule has 4 rings (SSSR count). The Morgan fingerprint density at radius 3 is 2.60 bits per heavy atom. The summed E-state index contributed by atoms with van der Waals surface area (Å²) in [6, 6.07) is 15.7. The molecule has 3 aromatic rings. The Kier molecular flexibility index (Phi) is 6.18. The summed E-state index contributed by atoms with van der Waals surface area (Å²) in [6.45, 7) is -2.92. The minimum absolute atomic E-state index is 0.0489. The first-order chi connectivity index (χ1) is 14.6. The number of aliphatic imine (C=N–C) groups is 1. The van der Waals surface area contributed by atoms with Crippen LogP contribution in [0.1, 0.15) is 39.2 Å². The molecule has 7 heteroatoms. The summed E-state index contributed by atoms with van der Waals surface area (Å²) < 4.78 is 29.9. The van der Waals surface area contributed by atoms with Crippen molar-refractivity contribution >= 4 is 34.1 Å². The topological polar surface area (TPSA) is 50.7 Å². The minimum Gasteiger partial charge on any atom is -0.434 e. The number of thiophene rings is 1. The quantitative estimate of drug-likeness (QED) is 0.475. The number of carbonyl (C=O) groups excluding carboxylic acids is 1. The van der Waals surface area contributed by atoms with Gasteiger partial charge in [0.1, 0.15) is 10.8 Å². The van der Waals surface area contributed by atoms with Crippen molar-refractivity contribution in [1.82, 2.24) is 0 Å². The first-order valence-corrected chi connectivity index (χ1v) is 10.5. The lowest BCUT2D eigenvalue weighted by atomic mass is 9.95. The molecule has 0 bridgehead atoms. The normalized spacial score (nSPS) is 13.4. The van der Waals surface area contributed by atoms with Gasteiger partial charge in [-0.05, 0) is 55.5 Å². The van der Waals surface area contributed by atoms with Gasteiger partial charge < -0.3 is 10.1 Å². The van der Waals surface area contributed by atoms with Crippen LogP contribution in [0.5, 0.6) is 5.75 Å². The van der Waals surface area contributed by atoms with E-state index in [1.807, 2.05) is 30.3 Å². The fourth-order valence-electron chi connectivity index (χ4n) is 3.51. The molecule has 1 aliphatic rings. The molecule has 1 aromatic heterocycles. The average molecular weight is 426 g/mol. The van der Waals surface area contributed by atoms with Crippen molar-refractivity contribution in [1.29, 1.82) is 0 Å². The Balaban J connectivity index is 1.68. The van der Waals surface area contributed by atoms with Crippen LogP contribution in [0.15, 0.2) is 59.6 Å². The molecule has 0 spiro atoms. The zero-order chi connectivity index (χ0) is 20.9. The smallest absolute Gasteiger partial charge is 0.387 e. The summed E-state index contributed by atoms with van der Waals surface area (Å²) in [4.78, 5) is 18.8. The molecule has 0 aliphatic heterocycles. The number of para-hydroxylation sites is 2. The molecule has 1 aliphatic carbocycles. The van der Waals surface area contributed by atoms with Crippen molar-refractivity contribution in [2.45, 2.75) is 32.3 Å². The first kappa shape index (κ1) is 20.2. The van der Waals surface area contributed by atoms with E-state index in [2.05, 4.69) is 15.0 Å². The van der Waals surface area contributed by atoms with Crippen molar-refractivity contribution in [3.05, 3.63) is 76.2 Å². The number of rotatable bonds is 6. The van der Waals surface area contributed by atoms with Crippen molar-refractivity contribution in [2.75, 3.05) is 5.32 Å². The molecule has 1 amide bonds. The fourth-order valence-corrected chi connectivity index (χ4v) is 4.74. The third-order valence-corrected chi connectivity index (χ3v) is 6.07. The van der Waals surface area contributed by atoms with Crippen LogP contribution >= 0.6 is 11.3 Å². The number of fused-ring (bicyclic) bond motifs is 1. The van der Waals surface area contributed by atoms with Crippen LogP contribution in [-0.2, 0) is 12.8 Å². The Labute approximate surface area is 177 Å². The molecule has 0 radical (unpaired) electrons. The monoisotopic (exact) mass is 426 g/mol. The number of hydrogen-bond acceptors (Lipinski definition) is 4. The maximum absolute atomic E-state index is 13.1. The van der Waals surface area contributed by atoms with Gasteiger partial charge in [-0.25, -0.2) is 4.99 Å². The third kappa shape index (κ3) is 4.57. The van der Waals surface area contributed by atoms with Crippen LogP contribution in [0.25, 0.3) is 0 Å². The first-order valence-electron chi connectivity index (χ1n) is 9.70. The molecule has 4 nitrogen and oxygen atoms in total. The van der Waals surface area contributed by atoms with Crippen molar-refractivity contribution in [2.24, 2.45) is 4.99 Å². The van der Waals surface area contributed by atoms with Crippen molar-refractivity contribution in [3.63, 3.8) is 0 Å². The van der Waals surface area contributed by atoms with Gasteiger partial charge in [0.15, 0.2) is 0 Å². The zero-order valence-corrected chi connectivity index (χ0v) is 16.9. The molecule has 154 valence electrons. The second-order valence-corrected chi connectivity index (χ2v) is 7.97. The highest BCUT2D eigenvalue weighted by atomic mass is 32.1. The molecule has 0 saturated heterocycles. The molecule has 1 N–H and O–H groups in total. The Bertz CT molecular complexity index is 1060. The van der Waals surface area contributed by atoms with Gasteiger partial charge in [-0.15, -0.1) is 11.3 Å². The number of nitrogens with one attached hydrogen (secondary N) is 1. The van der Waals surface area contributed by atoms with Crippen LogP contribution in [0.3, 0.4) is 0 Å². The molecule has 1 heterocycles. The summed E-state index contributed by atoms with van der Waals surface area (Å²) in [7, 11) is 0. The van der Waals surface area contributed by atoms with Gasteiger partial charge in [0.2, 0.25) is 0 Å². The van der Waals surface area contributed by atoms with E-state index in [-0.39, 0.29) is 11.7 Å². The summed E-state index contributed by atoms with van der Waals surface area (Å²) in [6.07, 6.45) is 5.36. The summed E-state index contributed by atoms with van der Waals surface area (Å²) >= 11 is 1.49. The predicted octanol–water partition coefficient (Wildman–Crippen LogP) is 6.23. The van der Waals surface area contributed by atoms with Gasteiger partial charge in [0, 0.05) is 22.3 Å². The number of nitrogens with zero attached hydrogens (tertiary/aromatic N) is 1. The lowest BCUT2D eigenvalue weighted by molar-refractivity contribution is -0.0499. The standard InChI is InChI=1S/C23H20F2N2O2S/c24-23(25)29-18-12-6-4-8-15(18)14-26-22-20(17-11-5-7-13-19(17)30-22)21(28)27-16-9-2-1-3-10-16/h1-4,6,8-10,12,14,23H,5,7,11,13H2,(H,27,28)/b26-14+. The molecular formula is C23H20F2N2O2S. The maximum Gasteiger partial charge on any atom is 0.387 e. The second-order valence-electron chi connectivity index (χ2n) is 6.89. The van der Waals surface area contributed by atoms with Crippen LogP contribution in [-0.4, -0.2) is 18.7 Å². The Hall–Kier alpha value is -3.06. The number of carbonyl (C=O) groups is 1. The molecule has 0 saturated carbocycles. The Morgan fingerprint density at radius 2 is 1.80 bits per heavy atom. The number of anilines is 1. The second kappa shape index (κ2) is 9.17. The van der Waals surface area contributed by atoms with E-state index in [0.717, 1.165) is 31.2 Å². The van der Waals surface area contributed by atoms with E-state index in [4.69, 9.17) is 0 Å². The number of ether oxygens (including phenoxy) is 1. The lowest BCUT2D eigenvalue weighted by Crippen LogP contribution is -2.14. The van der Waals surface area contributed by atoms with Crippen molar-refractivity contribution in [3.8, 4) is 5.75 Å². The zero-order valence-electron chi connectivity index (χ0n) is 16.1. The predicted molar refractivity (Wildman–Crippen MR) is 116 cm³/mol. The number of hydrogen-bond donors (Lipinski definition) is 1. The van der Waals surface area contributed by atoms with E-state index in [0.29, 0.717) is 21.8 Å². The van der Waals surface area contributed by atoms with E-state index >= 15 is 0 Å². The van der Waals surface area contributed by atoms with Gasteiger partial charge in [0.25, 0.3) is 5.91 Å². The molecule has 0 fully saturated rings. The summed E-state index contributed by atoms with van der Waals surface area (Å²) in [5.74, 6) is -0.155. The maximum atomic E-state index is 13.1. The van der Waals surface area contributed by atoms with E-state index in [1.54, 1.807) is 18.2 Å². The molecule has 0 atom stereocenters. The lowest BCUT2D eigenvalue weighted by Gasteiger charge is -2.12. The van der Waals surface area contributed by atoms with Crippen LogP contribution < -0.4 is 10.1 Å².